The number of hydrogen-bond acceptors (Lipinski definition) is 2. The number of nitrogens with one attached hydrogen (secondary N) is 1. The molecule has 0 spiro atoms. The molecule has 3 nitrogen and oxygen atoms in total. The highest BCUT2D eigenvalue weighted by Crippen LogP contribution is 2.27. The molecule has 1 aliphatic rings. The van der Waals surface area contributed by atoms with E-state index in [-0.39, 0.29) is 7.43 Å². The van der Waals surface area contributed by atoms with Crippen molar-refractivity contribution in [2.75, 3.05) is 13.1 Å². The van der Waals surface area contributed by atoms with Crippen molar-refractivity contribution in [1.29, 1.82) is 0 Å². The summed E-state index contributed by atoms with van der Waals surface area (Å²) in [4.78, 5) is 4.42. The van der Waals surface area contributed by atoms with Crippen molar-refractivity contribution in [2.24, 2.45) is 7.05 Å². The van der Waals surface area contributed by atoms with Crippen LogP contribution in [0.25, 0.3) is 11.0 Å². The molecule has 0 saturated carbocycles. The lowest BCUT2D eigenvalue weighted by atomic mass is 9.96. The van der Waals surface area contributed by atoms with Gasteiger partial charge in [-0.1, -0.05) is 7.43 Å². The average molecular weight is 231 g/mol. The average Bonchev–Trinajstić information content (AvgIpc) is 2.69. The Morgan fingerprint density at radius 1 is 1.47 bits per heavy atom. The first-order valence-corrected chi connectivity index (χ1v) is 5.97. The maximum Gasteiger partial charge on any atom is 0.0883 e. The van der Waals surface area contributed by atoms with Gasteiger partial charge in [0.1, 0.15) is 0 Å². The van der Waals surface area contributed by atoms with E-state index in [0.717, 1.165) is 12.1 Å². The molecule has 3 rings (SSSR count). The molecular weight excluding hydrogens is 210 g/mol. The summed E-state index contributed by atoms with van der Waals surface area (Å²) in [5.74, 6) is 0.646. The molecule has 1 N–H and O–H groups in total. The molecule has 92 valence electrons. The zero-order valence-electron chi connectivity index (χ0n) is 9.61. The molecule has 0 bridgehead atoms. The summed E-state index contributed by atoms with van der Waals surface area (Å²) in [6.07, 6.45) is 4.43. The van der Waals surface area contributed by atoms with E-state index in [4.69, 9.17) is 0 Å². The predicted molar refractivity (Wildman–Crippen MR) is 72.3 cm³/mol. The lowest BCUT2D eigenvalue weighted by Crippen LogP contribution is -2.29. The zero-order valence-corrected chi connectivity index (χ0v) is 9.61. The Hall–Kier alpha value is -1.35. The molecule has 3 heterocycles. The minimum Gasteiger partial charge on any atom is -0.346 e. The second kappa shape index (κ2) is 4.88. The molecule has 1 aliphatic heterocycles. The van der Waals surface area contributed by atoms with Gasteiger partial charge in [-0.3, -0.25) is 4.98 Å². The van der Waals surface area contributed by atoms with Crippen LogP contribution in [0.15, 0.2) is 24.4 Å². The van der Waals surface area contributed by atoms with E-state index >= 15 is 0 Å². The van der Waals surface area contributed by atoms with Gasteiger partial charge in [-0.05, 0) is 37.6 Å². The molecule has 1 atom stereocenters. The lowest BCUT2D eigenvalue weighted by molar-refractivity contribution is 0.448. The molecule has 0 aliphatic carbocycles. The highest BCUT2D eigenvalue weighted by Gasteiger charge is 2.19. The van der Waals surface area contributed by atoms with Gasteiger partial charge in [0.15, 0.2) is 0 Å². The van der Waals surface area contributed by atoms with Crippen molar-refractivity contribution in [3.8, 4) is 0 Å². The first-order chi connectivity index (χ1) is 7.86. The van der Waals surface area contributed by atoms with Gasteiger partial charge in [0, 0.05) is 31.4 Å². The van der Waals surface area contributed by atoms with E-state index in [1.54, 1.807) is 0 Å². The minimum atomic E-state index is 0. The predicted octanol–water partition coefficient (Wildman–Crippen LogP) is 2.68. The topological polar surface area (TPSA) is 29.9 Å². The summed E-state index contributed by atoms with van der Waals surface area (Å²) < 4.78 is 2.29. The van der Waals surface area contributed by atoms with Gasteiger partial charge in [0.05, 0.1) is 11.0 Å². The summed E-state index contributed by atoms with van der Waals surface area (Å²) in [5.41, 5.74) is 3.77. The lowest BCUT2D eigenvalue weighted by Gasteiger charge is -2.23. The normalized spacial score (nSPS) is 20.2. The SMILES string of the molecule is C.Cn1c(C2CCCNC2)cc2ncccc21. The third-order valence-electron chi connectivity index (χ3n) is 3.56. The van der Waals surface area contributed by atoms with Crippen LogP contribution in [0.3, 0.4) is 0 Å². The van der Waals surface area contributed by atoms with Crippen LogP contribution in [0, 0.1) is 0 Å². The second-order valence-electron chi connectivity index (χ2n) is 4.58. The quantitative estimate of drug-likeness (QED) is 0.817. The van der Waals surface area contributed by atoms with Crippen LogP contribution < -0.4 is 5.32 Å². The monoisotopic (exact) mass is 231 g/mol. The number of fused-ring (bicyclic) bond motifs is 1. The van der Waals surface area contributed by atoms with Gasteiger partial charge in [0.25, 0.3) is 0 Å². The number of aromatic nitrogens is 2. The molecular formula is C14H21N3. The maximum absolute atomic E-state index is 4.42. The summed E-state index contributed by atoms with van der Waals surface area (Å²) in [5, 5.41) is 3.47. The van der Waals surface area contributed by atoms with Crippen molar-refractivity contribution in [1.82, 2.24) is 14.9 Å². The number of pyridine rings is 1. The molecule has 2 aromatic rings. The molecule has 0 radical (unpaired) electrons. The van der Waals surface area contributed by atoms with Crippen LogP contribution in [0.5, 0.6) is 0 Å². The zero-order chi connectivity index (χ0) is 11.0. The Bertz CT molecular complexity index is 495. The molecule has 3 heteroatoms. The van der Waals surface area contributed by atoms with E-state index in [1.807, 2.05) is 12.3 Å². The van der Waals surface area contributed by atoms with E-state index < -0.39 is 0 Å². The highest BCUT2D eigenvalue weighted by atomic mass is 15.0. The fourth-order valence-electron chi connectivity index (χ4n) is 2.68. The van der Waals surface area contributed by atoms with Gasteiger partial charge in [0.2, 0.25) is 0 Å². The van der Waals surface area contributed by atoms with Gasteiger partial charge in [-0.15, -0.1) is 0 Å². The van der Waals surface area contributed by atoms with E-state index in [9.17, 15) is 0 Å². The van der Waals surface area contributed by atoms with Crippen LogP contribution in [-0.2, 0) is 7.05 Å². The Kier molecular flexibility index (Phi) is 3.48. The van der Waals surface area contributed by atoms with E-state index in [2.05, 4.69) is 34.0 Å². The van der Waals surface area contributed by atoms with Crippen molar-refractivity contribution >= 4 is 11.0 Å². The van der Waals surface area contributed by atoms with Gasteiger partial charge in [-0.2, -0.15) is 0 Å². The Morgan fingerprint density at radius 3 is 3.06 bits per heavy atom. The molecule has 0 aromatic carbocycles. The largest absolute Gasteiger partial charge is 0.346 e. The summed E-state index contributed by atoms with van der Waals surface area (Å²) >= 11 is 0. The van der Waals surface area contributed by atoms with Crippen LogP contribution >= 0.6 is 0 Å². The number of rotatable bonds is 1. The first kappa shape index (κ1) is 12.1. The third-order valence-corrected chi connectivity index (χ3v) is 3.56. The van der Waals surface area contributed by atoms with Crippen LogP contribution in [-0.4, -0.2) is 22.6 Å². The van der Waals surface area contributed by atoms with Crippen molar-refractivity contribution < 1.29 is 0 Å². The standard InChI is InChI=1S/C13H17N3.CH4/c1-16-12-5-3-7-15-11(12)8-13(16)10-4-2-6-14-9-10;/h3,5,7-8,10,14H,2,4,6,9H2,1H3;1H4. The number of nitrogens with zero attached hydrogens (tertiary/aromatic N) is 2. The molecule has 2 aromatic heterocycles. The fraction of sp³-hybridized carbons (Fsp3) is 0.500. The minimum absolute atomic E-state index is 0. The molecule has 1 saturated heterocycles. The Labute approximate surface area is 103 Å². The molecule has 17 heavy (non-hydrogen) atoms. The molecule has 0 amide bonds. The smallest absolute Gasteiger partial charge is 0.0883 e. The van der Waals surface area contributed by atoms with Crippen molar-refractivity contribution in [2.45, 2.75) is 26.2 Å². The van der Waals surface area contributed by atoms with Crippen molar-refractivity contribution in [3.63, 3.8) is 0 Å². The van der Waals surface area contributed by atoms with Gasteiger partial charge in [-0.25, -0.2) is 0 Å². The Balaban J connectivity index is 0.00000108. The van der Waals surface area contributed by atoms with E-state index in [1.165, 1.54) is 30.6 Å². The van der Waals surface area contributed by atoms with Crippen molar-refractivity contribution in [3.05, 3.63) is 30.1 Å². The van der Waals surface area contributed by atoms with Crippen LogP contribution in [0.2, 0.25) is 0 Å². The third kappa shape index (κ3) is 2.07. The van der Waals surface area contributed by atoms with Crippen LogP contribution in [0.1, 0.15) is 31.9 Å². The Morgan fingerprint density at radius 2 is 2.35 bits per heavy atom. The molecule has 1 unspecified atom stereocenters. The summed E-state index contributed by atoms with van der Waals surface area (Å²) in [6.45, 7) is 2.27. The summed E-state index contributed by atoms with van der Waals surface area (Å²) in [7, 11) is 2.15. The second-order valence-corrected chi connectivity index (χ2v) is 4.58. The van der Waals surface area contributed by atoms with Crippen LogP contribution in [0.4, 0.5) is 0 Å². The number of hydrogen-bond donors (Lipinski definition) is 1. The maximum atomic E-state index is 4.42. The number of piperidine rings is 1. The highest BCUT2D eigenvalue weighted by molar-refractivity contribution is 5.76. The van der Waals surface area contributed by atoms with Gasteiger partial charge >= 0.3 is 0 Å². The first-order valence-electron chi connectivity index (χ1n) is 5.97. The number of aryl methyl sites for hydroxylation is 1. The summed E-state index contributed by atoms with van der Waals surface area (Å²) in [6, 6.07) is 6.39. The van der Waals surface area contributed by atoms with Gasteiger partial charge < -0.3 is 9.88 Å². The van der Waals surface area contributed by atoms with E-state index in [0.29, 0.717) is 5.92 Å². The molecule has 1 fully saturated rings. The fourth-order valence-corrected chi connectivity index (χ4v) is 2.68.